The van der Waals surface area contributed by atoms with Gasteiger partial charge in [-0.25, -0.2) is 4.98 Å². The molecule has 14 heavy (non-hydrogen) atoms. The normalized spacial score (nSPS) is 27.5. The van der Waals surface area contributed by atoms with E-state index in [0.29, 0.717) is 6.04 Å². The lowest BCUT2D eigenvalue weighted by molar-refractivity contribution is 0.361. The SMILES string of the molecule is CC1CCC(Nc2ncc(N)s2)CC1. The molecule has 1 aromatic rings. The zero-order valence-electron chi connectivity index (χ0n) is 8.49. The highest BCUT2D eigenvalue weighted by Crippen LogP contribution is 2.28. The lowest BCUT2D eigenvalue weighted by atomic mass is 9.87. The molecule has 3 N–H and O–H groups in total. The highest BCUT2D eigenvalue weighted by atomic mass is 32.1. The van der Waals surface area contributed by atoms with Crippen molar-refractivity contribution in [3.8, 4) is 0 Å². The summed E-state index contributed by atoms with van der Waals surface area (Å²) in [4.78, 5) is 4.21. The van der Waals surface area contributed by atoms with Crippen molar-refractivity contribution in [3.63, 3.8) is 0 Å². The first-order valence-corrected chi connectivity index (χ1v) is 6.03. The highest BCUT2D eigenvalue weighted by Gasteiger charge is 2.18. The molecule has 0 radical (unpaired) electrons. The van der Waals surface area contributed by atoms with Crippen LogP contribution in [0.4, 0.5) is 10.1 Å². The summed E-state index contributed by atoms with van der Waals surface area (Å²) in [6.45, 7) is 2.33. The van der Waals surface area contributed by atoms with E-state index in [1.165, 1.54) is 37.0 Å². The van der Waals surface area contributed by atoms with Gasteiger partial charge in [-0.1, -0.05) is 18.3 Å². The molecule has 1 heterocycles. The summed E-state index contributed by atoms with van der Waals surface area (Å²) in [7, 11) is 0. The van der Waals surface area contributed by atoms with Crippen LogP contribution in [0.1, 0.15) is 32.6 Å². The predicted molar refractivity (Wildman–Crippen MR) is 61.6 cm³/mol. The number of anilines is 2. The van der Waals surface area contributed by atoms with Crippen LogP contribution in [0.5, 0.6) is 0 Å². The first kappa shape index (κ1) is 9.77. The molecule has 0 unspecified atom stereocenters. The summed E-state index contributed by atoms with van der Waals surface area (Å²) >= 11 is 1.54. The summed E-state index contributed by atoms with van der Waals surface area (Å²) in [5.74, 6) is 0.898. The maximum absolute atomic E-state index is 5.62. The Labute approximate surface area is 88.7 Å². The number of rotatable bonds is 2. The van der Waals surface area contributed by atoms with E-state index in [2.05, 4.69) is 17.2 Å². The average molecular weight is 211 g/mol. The van der Waals surface area contributed by atoms with Gasteiger partial charge in [0.05, 0.1) is 6.20 Å². The molecule has 78 valence electrons. The zero-order valence-corrected chi connectivity index (χ0v) is 9.31. The monoisotopic (exact) mass is 211 g/mol. The molecule has 0 aliphatic heterocycles. The molecule has 4 heteroatoms. The Morgan fingerprint density at radius 2 is 2.14 bits per heavy atom. The number of nitrogens with two attached hydrogens (primary N) is 1. The summed E-state index contributed by atoms with van der Waals surface area (Å²) in [6.07, 6.45) is 6.91. The summed E-state index contributed by atoms with van der Waals surface area (Å²) in [6, 6.07) is 0.608. The smallest absolute Gasteiger partial charge is 0.184 e. The van der Waals surface area contributed by atoms with Crippen LogP contribution in [0.3, 0.4) is 0 Å². The standard InChI is InChI=1S/C10H17N3S/c1-7-2-4-8(5-3-7)13-10-12-6-9(11)14-10/h6-8H,2-5,11H2,1H3,(H,12,13). The molecule has 0 saturated heterocycles. The minimum Gasteiger partial charge on any atom is -0.389 e. The van der Waals surface area contributed by atoms with Crippen molar-refractivity contribution in [1.29, 1.82) is 0 Å². The van der Waals surface area contributed by atoms with Crippen LogP contribution in [0.15, 0.2) is 6.20 Å². The maximum atomic E-state index is 5.62. The van der Waals surface area contributed by atoms with Gasteiger partial charge in [0.1, 0.15) is 5.00 Å². The van der Waals surface area contributed by atoms with E-state index in [-0.39, 0.29) is 0 Å². The number of nitrogen functional groups attached to an aromatic ring is 1. The second kappa shape index (κ2) is 4.17. The third-order valence-corrected chi connectivity index (χ3v) is 3.62. The fraction of sp³-hybridized carbons (Fsp3) is 0.700. The lowest BCUT2D eigenvalue weighted by Crippen LogP contribution is -2.24. The van der Waals surface area contributed by atoms with Gasteiger partial charge in [-0.2, -0.15) is 0 Å². The number of nitrogens with one attached hydrogen (secondary N) is 1. The molecule has 2 rings (SSSR count). The van der Waals surface area contributed by atoms with Crippen molar-refractivity contribution >= 4 is 21.5 Å². The number of thiazole rings is 1. The Morgan fingerprint density at radius 1 is 1.43 bits per heavy atom. The number of nitrogens with zero attached hydrogens (tertiary/aromatic N) is 1. The van der Waals surface area contributed by atoms with Gasteiger partial charge >= 0.3 is 0 Å². The predicted octanol–water partition coefficient (Wildman–Crippen LogP) is 2.72. The molecule has 3 nitrogen and oxygen atoms in total. The van der Waals surface area contributed by atoms with Crippen molar-refractivity contribution in [2.75, 3.05) is 11.1 Å². The van der Waals surface area contributed by atoms with Crippen LogP contribution < -0.4 is 11.1 Å². The molecule has 1 aliphatic rings. The van der Waals surface area contributed by atoms with E-state index in [0.717, 1.165) is 16.1 Å². The lowest BCUT2D eigenvalue weighted by Gasteiger charge is -2.26. The molecule has 0 bridgehead atoms. The summed E-state index contributed by atoms with van der Waals surface area (Å²) in [5, 5.41) is 5.21. The van der Waals surface area contributed by atoms with Gasteiger partial charge in [0.2, 0.25) is 0 Å². The topological polar surface area (TPSA) is 50.9 Å². The second-order valence-electron chi connectivity index (χ2n) is 4.17. The minimum atomic E-state index is 0.608. The van der Waals surface area contributed by atoms with Crippen LogP contribution in [0.2, 0.25) is 0 Å². The highest BCUT2D eigenvalue weighted by molar-refractivity contribution is 7.19. The molecule has 0 aromatic carbocycles. The van der Waals surface area contributed by atoms with Crippen LogP contribution in [0, 0.1) is 5.92 Å². The Balaban J connectivity index is 1.86. The van der Waals surface area contributed by atoms with E-state index >= 15 is 0 Å². The van der Waals surface area contributed by atoms with Gasteiger partial charge in [-0.3, -0.25) is 0 Å². The third-order valence-electron chi connectivity index (χ3n) is 2.87. The molecule has 0 spiro atoms. The molecule has 0 atom stereocenters. The number of hydrogen-bond acceptors (Lipinski definition) is 4. The first-order chi connectivity index (χ1) is 6.74. The van der Waals surface area contributed by atoms with E-state index < -0.39 is 0 Å². The Morgan fingerprint density at radius 3 is 2.71 bits per heavy atom. The van der Waals surface area contributed by atoms with Crippen LogP contribution >= 0.6 is 11.3 Å². The molecule has 0 amide bonds. The molecular formula is C10H17N3S. The average Bonchev–Trinajstić information content (AvgIpc) is 2.56. The maximum Gasteiger partial charge on any atom is 0.184 e. The van der Waals surface area contributed by atoms with Crippen molar-refractivity contribution < 1.29 is 0 Å². The Bertz CT molecular complexity index is 289. The van der Waals surface area contributed by atoms with Crippen molar-refractivity contribution in [1.82, 2.24) is 4.98 Å². The summed E-state index contributed by atoms with van der Waals surface area (Å²) in [5.41, 5.74) is 5.62. The van der Waals surface area contributed by atoms with Crippen molar-refractivity contribution in [3.05, 3.63) is 6.20 Å². The first-order valence-electron chi connectivity index (χ1n) is 5.22. The van der Waals surface area contributed by atoms with Crippen LogP contribution in [0.25, 0.3) is 0 Å². The zero-order chi connectivity index (χ0) is 9.97. The van der Waals surface area contributed by atoms with Gasteiger partial charge < -0.3 is 11.1 Å². The van der Waals surface area contributed by atoms with E-state index in [1.54, 1.807) is 6.20 Å². The fourth-order valence-corrected chi connectivity index (χ4v) is 2.59. The number of hydrogen-bond donors (Lipinski definition) is 2. The van der Waals surface area contributed by atoms with Gasteiger partial charge in [-0.15, -0.1) is 0 Å². The van der Waals surface area contributed by atoms with E-state index in [1.807, 2.05) is 0 Å². The van der Waals surface area contributed by atoms with Gasteiger partial charge in [0.15, 0.2) is 5.13 Å². The minimum absolute atomic E-state index is 0.608. The third kappa shape index (κ3) is 2.38. The Hall–Kier alpha value is -0.770. The largest absolute Gasteiger partial charge is 0.389 e. The quantitative estimate of drug-likeness (QED) is 0.790. The van der Waals surface area contributed by atoms with Crippen LogP contribution in [-0.4, -0.2) is 11.0 Å². The number of aromatic nitrogens is 1. The molecule has 1 saturated carbocycles. The van der Waals surface area contributed by atoms with Gasteiger partial charge in [0.25, 0.3) is 0 Å². The van der Waals surface area contributed by atoms with Gasteiger partial charge in [0, 0.05) is 6.04 Å². The Kier molecular flexibility index (Phi) is 2.91. The molecule has 1 aliphatic carbocycles. The molecule has 1 aromatic heterocycles. The molecular weight excluding hydrogens is 194 g/mol. The van der Waals surface area contributed by atoms with Crippen LogP contribution in [-0.2, 0) is 0 Å². The molecule has 1 fully saturated rings. The fourth-order valence-electron chi connectivity index (χ4n) is 1.93. The second-order valence-corrected chi connectivity index (χ2v) is 5.23. The van der Waals surface area contributed by atoms with Crippen molar-refractivity contribution in [2.24, 2.45) is 5.92 Å². The van der Waals surface area contributed by atoms with Crippen molar-refractivity contribution in [2.45, 2.75) is 38.6 Å². The van der Waals surface area contributed by atoms with E-state index in [4.69, 9.17) is 5.73 Å². The summed E-state index contributed by atoms with van der Waals surface area (Å²) < 4.78 is 0. The van der Waals surface area contributed by atoms with Gasteiger partial charge in [-0.05, 0) is 31.6 Å². The van der Waals surface area contributed by atoms with E-state index in [9.17, 15) is 0 Å².